The zero-order valence-corrected chi connectivity index (χ0v) is 12.3. The Kier molecular flexibility index (Phi) is 3.58. The summed E-state index contributed by atoms with van der Waals surface area (Å²) in [5.74, 6) is -0.308. The molecule has 4 nitrogen and oxygen atoms in total. The number of fused-ring (bicyclic) bond motifs is 1. The van der Waals surface area contributed by atoms with Crippen molar-refractivity contribution in [3.05, 3.63) is 58.6 Å². The monoisotopic (exact) mass is 298 g/mol. The topological polar surface area (TPSA) is 62.2 Å². The Bertz CT molecular complexity index is 778. The second kappa shape index (κ2) is 5.54. The van der Waals surface area contributed by atoms with Crippen molar-refractivity contribution >= 4 is 27.5 Å². The maximum Gasteiger partial charge on any atom is 0.255 e. The van der Waals surface area contributed by atoms with Crippen molar-refractivity contribution in [1.29, 1.82) is 0 Å². The molecule has 2 N–H and O–H groups in total. The number of para-hydroxylation sites is 1. The van der Waals surface area contributed by atoms with Gasteiger partial charge < -0.3 is 10.4 Å². The van der Waals surface area contributed by atoms with Gasteiger partial charge in [-0.2, -0.15) is 0 Å². The highest BCUT2D eigenvalue weighted by atomic mass is 32.1. The highest BCUT2D eigenvalue weighted by Crippen LogP contribution is 2.22. The number of benzene rings is 2. The van der Waals surface area contributed by atoms with Crippen molar-refractivity contribution in [1.82, 2.24) is 10.3 Å². The molecule has 21 heavy (non-hydrogen) atoms. The molecule has 0 spiro atoms. The summed E-state index contributed by atoms with van der Waals surface area (Å²) in [6.45, 7) is 2.23. The van der Waals surface area contributed by atoms with E-state index >= 15 is 0 Å². The average molecular weight is 298 g/mol. The van der Waals surface area contributed by atoms with Crippen molar-refractivity contribution in [3.8, 4) is 5.75 Å². The Hall–Kier alpha value is -2.40. The molecule has 0 saturated carbocycles. The SMILES string of the molecule is Cc1ccc(O)c(C(=O)NCc2nc3ccccc3s2)c1. The van der Waals surface area contributed by atoms with Crippen molar-refractivity contribution in [2.24, 2.45) is 0 Å². The van der Waals surface area contributed by atoms with Crippen LogP contribution in [0.5, 0.6) is 5.75 Å². The molecule has 1 heterocycles. The van der Waals surface area contributed by atoms with Crippen LogP contribution in [-0.4, -0.2) is 16.0 Å². The molecule has 5 heteroatoms. The molecule has 2 aromatic carbocycles. The predicted octanol–water partition coefficient (Wildman–Crippen LogP) is 3.24. The van der Waals surface area contributed by atoms with E-state index in [4.69, 9.17) is 0 Å². The van der Waals surface area contributed by atoms with Gasteiger partial charge in [0.25, 0.3) is 5.91 Å². The Labute approximate surface area is 126 Å². The summed E-state index contributed by atoms with van der Waals surface area (Å²) in [6.07, 6.45) is 0. The molecule has 0 aliphatic rings. The van der Waals surface area contributed by atoms with Gasteiger partial charge in [-0.25, -0.2) is 4.98 Å². The third-order valence-electron chi connectivity index (χ3n) is 3.14. The lowest BCUT2D eigenvalue weighted by atomic mass is 10.1. The van der Waals surface area contributed by atoms with E-state index in [0.29, 0.717) is 6.54 Å². The number of aromatic hydroxyl groups is 1. The van der Waals surface area contributed by atoms with E-state index in [1.54, 1.807) is 23.5 Å². The number of hydrogen-bond acceptors (Lipinski definition) is 4. The fourth-order valence-corrected chi connectivity index (χ4v) is 2.99. The molecule has 0 fully saturated rings. The number of nitrogens with one attached hydrogen (secondary N) is 1. The van der Waals surface area contributed by atoms with E-state index in [1.807, 2.05) is 31.2 Å². The highest BCUT2D eigenvalue weighted by Gasteiger charge is 2.12. The molecule has 0 aliphatic carbocycles. The van der Waals surface area contributed by atoms with Gasteiger partial charge in [0, 0.05) is 0 Å². The molecular formula is C16H14N2O2S. The Morgan fingerprint density at radius 2 is 2.10 bits per heavy atom. The van der Waals surface area contributed by atoms with Gasteiger partial charge in [-0.1, -0.05) is 23.8 Å². The number of nitrogens with zero attached hydrogens (tertiary/aromatic N) is 1. The highest BCUT2D eigenvalue weighted by molar-refractivity contribution is 7.18. The lowest BCUT2D eigenvalue weighted by molar-refractivity contribution is 0.0948. The lowest BCUT2D eigenvalue weighted by Crippen LogP contribution is -2.22. The number of amides is 1. The molecule has 3 rings (SSSR count). The Balaban J connectivity index is 1.74. The van der Waals surface area contributed by atoms with Gasteiger partial charge in [0.2, 0.25) is 0 Å². The molecule has 0 bridgehead atoms. The van der Waals surface area contributed by atoms with E-state index in [0.717, 1.165) is 20.8 Å². The Morgan fingerprint density at radius 1 is 1.29 bits per heavy atom. The van der Waals surface area contributed by atoms with Gasteiger partial charge in [0.1, 0.15) is 10.8 Å². The maximum absolute atomic E-state index is 12.1. The van der Waals surface area contributed by atoms with Gasteiger partial charge in [0.15, 0.2) is 0 Å². The van der Waals surface area contributed by atoms with Gasteiger partial charge in [-0.05, 0) is 31.2 Å². The largest absolute Gasteiger partial charge is 0.507 e. The van der Waals surface area contributed by atoms with Crippen molar-refractivity contribution in [2.75, 3.05) is 0 Å². The summed E-state index contributed by atoms with van der Waals surface area (Å²) in [4.78, 5) is 16.6. The summed E-state index contributed by atoms with van der Waals surface area (Å²) in [5.41, 5.74) is 2.15. The first kappa shape index (κ1) is 13.6. The van der Waals surface area contributed by atoms with Crippen LogP contribution in [0.2, 0.25) is 0 Å². The molecule has 0 atom stereocenters. The number of aromatic nitrogens is 1. The minimum Gasteiger partial charge on any atom is -0.507 e. The standard InChI is InChI=1S/C16H14N2O2S/c1-10-6-7-13(19)11(8-10)16(20)17-9-15-18-12-4-2-3-5-14(12)21-15/h2-8,19H,9H2,1H3,(H,17,20). The van der Waals surface area contributed by atoms with E-state index in [9.17, 15) is 9.90 Å². The zero-order valence-electron chi connectivity index (χ0n) is 11.5. The summed E-state index contributed by atoms with van der Waals surface area (Å²) in [7, 11) is 0. The summed E-state index contributed by atoms with van der Waals surface area (Å²) in [5, 5.41) is 13.4. The minimum atomic E-state index is -0.296. The third kappa shape index (κ3) is 2.87. The third-order valence-corrected chi connectivity index (χ3v) is 4.17. The minimum absolute atomic E-state index is 0.0117. The first-order chi connectivity index (χ1) is 10.1. The van der Waals surface area contributed by atoms with Gasteiger partial charge in [0.05, 0.1) is 22.3 Å². The molecule has 1 aromatic heterocycles. The van der Waals surface area contributed by atoms with E-state index in [2.05, 4.69) is 10.3 Å². The summed E-state index contributed by atoms with van der Waals surface area (Å²) >= 11 is 1.55. The van der Waals surface area contributed by atoms with Gasteiger partial charge in [-0.3, -0.25) is 4.79 Å². The summed E-state index contributed by atoms with van der Waals surface area (Å²) in [6, 6.07) is 12.8. The van der Waals surface area contributed by atoms with Crippen LogP contribution in [0.4, 0.5) is 0 Å². The van der Waals surface area contributed by atoms with Crippen molar-refractivity contribution in [3.63, 3.8) is 0 Å². The van der Waals surface area contributed by atoms with Crippen LogP contribution in [0.1, 0.15) is 20.9 Å². The number of thiazole rings is 1. The lowest BCUT2D eigenvalue weighted by Gasteiger charge is -2.06. The molecule has 0 aliphatic heterocycles. The van der Waals surface area contributed by atoms with Crippen LogP contribution in [0.3, 0.4) is 0 Å². The van der Waals surface area contributed by atoms with Gasteiger partial charge >= 0.3 is 0 Å². The predicted molar refractivity (Wildman–Crippen MR) is 83.6 cm³/mol. The van der Waals surface area contributed by atoms with Crippen LogP contribution >= 0.6 is 11.3 Å². The first-order valence-corrected chi connectivity index (χ1v) is 7.37. The number of carbonyl (C=O) groups excluding carboxylic acids is 1. The normalized spacial score (nSPS) is 10.7. The number of phenols is 1. The number of aryl methyl sites for hydroxylation is 1. The Morgan fingerprint density at radius 3 is 2.90 bits per heavy atom. The number of phenolic OH excluding ortho intramolecular Hbond substituents is 1. The second-order valence-electron chi connectivity index (χ2n) is 4.78. The van der Waals surface area contributed by atoms with Crippen LogP contribution in [0.15, 0.2) is 42.5 Å². The van der Waals surface area contributed by atoms with E-state index < -0.39 is 0 Å². The molecule has 106 valence electrons. The molecule has 1 amide bonds. The number of hydrogen-bond donors (Lipinski definition) is 2. The summed E-state index contributed by atoms with van der Waals surface area (Å²) < 4.78 is 1.10. The average Bonchev–Trinajstić information content (AvgIpc) is 2.90. The van der Waals surface area contributed by atoms with Crippen LogP contribution in [0, 0.1) is 6.92 Å². The number of rotatable bonds is 3. The van der Waals surface area contributed by atoms with E-state index in [-0.39, 0.29) is 17.2 Å². The van der Waals surface area contributed by atoms with E-state index in [1.165, 1.54) is 6.07 Å². The van der Waals surface area contributed by atoms with Crippen LogP contribution in [0.25, 0.3) is 10.2 Å². The maximum atomic E-state index is 12.1. The fourth-order valence-electron chi connectivity index (χ4n) is 2.08. The molecule has 0 radical (unpaired) electrons. The van der Waals surface area contributed by atoms with Crippen molar-refractivity contribution < 1.29 is 9.90 Å². The smallest absolute Gasteiger partial charge is 0.255 e. The van der Waals surface area contributed by atoms with Crippen LogP contribution in [-0.2, 0) is 6.54 Å². The first-order valence-electron chi connectivity index (χ1n) is 6.56. The second-order valence-corrected chi connectivity index (χ2v) is 5.89. The molecular weight excluding hydrogens is 284 g/mol. The molecule has 3 aromatic rings. The van der Waals surface area contributed by atoms with Gasteiger partial charge in [-0.15, -0.1) is 11.3 Å². The van der Waals surface area contributed by atoms with Crippen molar-refractivity contribution in [2.45, 2.75) is 13.5 Å². The zero-order chi connectivity index (χ0) is 14.8. The quantitative estimate of drug-likeness (QED) is 0.780. The van der Waals surface area contributed by atoms with Crippen LogP contribution < -0.4 is 5.32 Å². The number of carbonyl (C=O) groups is 1. The molecule has 0 saturated heterocycles. The molecule has 0 unspecified atom stereocenters. The fraction of sp³-hybridized carbons (Fsp3) is 0.125.